The molecule has 10 nitrogen and oxygen atoms in total. The number of aliphatic carboxylic acids is 1. The molecule has 4 unspecified atom stereocenters. The maximum Gasteiger partial charge on any atom is 0.326 e. The SMILES string of the molecule is CC(C)C(NC(=O)C(N)Cc1c[nH]c2ccccc12)C(=O)NC(Cc1ccccc1)C(=O)NC(Cc1ccccc1)C(=O)O. The Morgan fingerprint density at radius 3 is 1.84 bits per heavy atom. The normalized spacial score (nSPS) is 13.9. The highest BCUT2D eigenvalue weighted by Gasteiger charge is 2.32. The standard InChI is InChI=1S/C34H39N5O5/c1-21(2)30(39-31(40)26(35)19-24-20-36-27-16-10-9-15-25(24)27)33(42)37-28(17-22-11-5-3-6-12-22)32(41)38-29(34(43)44)18-23-13-7-4-8-14-23/h3-16,20-21,26,28-30,36H,17-19,35H2,1-2H3,(H,37,42)(H,38,41)(H,39,40)(H,43,44). The van der Waals surface area contributed by atoms with Gasteiger partial charge in [0.1, 0.15) is 18.1 Å². The molecule has 0 aliphatic heterocycles. The summed E-state index contributed by atoms with van der Waals surface area (Å²) in [5.41, 5.74) is 9.61. The summed E-state index contributed by atoms with van der Waals surface area (Å²) in [5.74, 6) is -3.23. The Kier molecular flexibility index (Phi) is 10.9. The fraction of sp³-hybridized carbons (Fsp3) is 0.294. The van der Waals surface area contributed by atoms with E-state index in [-0.39, 0.29) is 25.2 Å². The van der Waals surface area contributed by atoms with E-state index in [2.05, 4.69) is 20.9 Å². The van der Waals surface area contributed by atoms with E-state index in [4.69, 9.17) is 5.73 Å². The van der Waals surface area contributed by atoms with Crippen molar-refractivity contribution in [3.05, 3.63) is 108 Å². The summed E-state index contributed by atoms with van der Waals surface area (Å²) < 4.78 is 0. The Hall–Kier alpha value is -4.96. The van der Waals surface area contributed by atoms with Crippen LogP contribution < -0.4 is 21.7 Å². The topological polar surface area (TPSA) is 166 Å². The third kappa shape index (κ3) is 8.54. The zero-order valence-corrected chi connectivity index (χ0v) is 24.8. The van der Waals surface area contributed by atoms with Gasteiger partial charge in [0.05, 0.1) is 6.04 Å². The van der Waals surface area contributed by atoms with Gasteiger partial charge in [-0.15, -0.1) is 0 Å². The summed E-state index contributed by atoms with van der Waals surface area (Å²) in [6.45, 7) is 3.56. The minimum absolute atomic E-state index is 0.0763. The highest BCUT2D eigenvalue weighted by atomic mass is 16.4. The first-order valence-corrected chi connectivity index (χ1v) is 14.6. The highest BCUT2D eigenvalue weighted by Crippen LogP contribution is 2.19. The molecule has 0 fully saturated rings. The number of carbonyl (C=O) groups excluding carboxylic acids is 3. The third-order valence-corrected chi connectivity index (χ3v) is 7.51. The fourth-order valence-electron chi connectivity index (χ4n) is 5.07. The lowest BCUT2D eigenvalue weighted by atomic mass is 9.99. The van der Waals surface area contributed by atoms with Crippen LogP contribution in [0.1, 0.15) is 30.5 Å². The van der Waals surface area contributed by atoms with Crippen LogP contribution in [-0.2, 0) is 38.4 Å². The van der Waals surface area contributed by atoms with Gasteiger partial charge in [0, 0.05) is 29.9 Å². The number of hydrogen-bond acceptors (Lipinski definition) is 5. The number of rotatable bonds is 14. The predicted molar refractivity (Wildman–Crippen MR) is 169 cm³/mol. The molecule has 10 heteroatoms. The van der Waals surface area contributed by atoms with Gasteiger partial charge >= 0.3 is 5.97 Å². The second-order valence-corrected chi connectivity index (χ2v) is 11.2. The highest BCUT2D eigenvalue weighted by molar-refractivity contribution is 5.94. The van der Waals surface area contributed by atoms with E-state index in [0.29, 0.717) is 0 Å². The molecule has 0 aliphatic carbocycles. The van der Waals surface area contributed by atoms with Crippen molar-refractivity contribution >= 4 is 34.6 Å². The van der Waals surface area contributed by atoms with Crippen molar-refractivity contribution in [3.63, 3.8) is 0 Å². The molecule has 0 saturated heterocycles. The molecule has 0 radical (unpaired) electrons. The van der Waals surface area contributed by atoms with E-state index in [1.807, 2.05) is 66.9 Å². The maximum atomic E-state index is 13.6. The molecule has 1 heterocycles. The van der Waals surface area contributed by atoms with Crippen molar-refractivity contribution in [1.29, 1.82) is 0 Å². The Bertz CT molecular complexity index is 1570. The molecular weight excluding hydrogens is 558 g/mol. The Balaban J connectivity index is 1.47. The third-order valence-electron chi connectivity index (χ3n) is 7.51. The summed E-state index contributed by atoms with van der Waals surface area (Å²) in [6, 6.07) is 21.6. The summed E-state index contributed by atoms with van der Waals surface area (Å²) in [4.78, 5) is 55.5. The molecule has 0 bridgehead atoms. The summed E-state index contributed by atoms with van der Waals surface area (Å²) in [7, 11) is 0. The van der Waals surface area contributed by atoms with Gasteiger partial charge in [0.15, 0.2) is 0 Å². The van der Waals surface area contributed by atoms with Gasteiger partial charge in [-0.05, 0) is 35.1 Å². The minimum Gasteiger partial charge on any atom is -0.480 e. The minimum atomic E-state index is -1.21. The molecule has 0 saturated carbocycles. The van der Waals surface area contributed by atoms with Crippen LogP contribution in [0.4, 0.5) is 0 Å². The summed E-state index contributed by atoms with van der Waals surface area (Å²) in [6.07, 6.45) is 2.28. The second kappa shape index (κ2) is 15.0. The predicted octanol–water partition coefficient (Wildman–Crippen LogP) is 2.72. The molecule has 3 amide bonds. The van der Waals surface area contributed by atoms with E-state index >= 15 is 0 Å². The number of nitrogens with one attached hydrogen (secondary N) is 4. The Morgan fingerprint density at radius 1 is 0.705 bits per heavy atom. The molecule has 4 rings (SSSR count). The molecule has 7 N–H and O–H groups in total. The molecule has 0 spiro atoms. The Labute approximate surface area is 256 Å². The molecule has 4 aromatic rings. The number of nitrogens with two attached hydrogens (primary N) is 1. The molecular formula is C34H39N5O5. The maximum absolute atomic E-state index is 13.6. The smallest absolute Gasteiger partial charge is 0.326 e. The van der Waals surface area contributed by atoms with Crippen molar-refractivity contribution in [1.82, 2.24) is 20.9 Å². The lowest BCUT2D eigenvalue weighted by molar-refractivity contribution is -0.142. The first kappa shape index (κ1) is 32.0. The number of hydrogen-bond donors (Lipinski definition) is 6. The van der Waals surface area contributed by atoms with Crippen LogP contribution in [-0.4, -0.2) is 57.9 Å². The number of carbonyl (C=O) groups is 4. The quantitative estimate of drug-likeness (QED) is 0.131. The summed E-state index contributed by atoms with van der Waals surface area (Å²) >= 11 is 0. The van der Waals surface area contributed by atoms with Crippen molar-refractivity contribution in [3.8, 4) is 0 Å². The molecule has 4 atom stereocenters. The van der Waals surface area contributed by atoms with Gasteiger partial charge in [-0.1, -0.05) is 92.7 Å². The molecule has 1 aromatic heterocycles. The van der Waals surface area contributed by atoms with Crippen LogP contribution in [0.15, 0.2) is 91.1 Å². The van der Waals surface area contributed by atoms with Gasteiger partial charge in [0.2, 0.25) is 17.7 Å². The van der Waals surface area contributed by atoms with Crippen molar-refractivity contribution < 1.29 is 24.3 Å². The van der Waals surface area contributed by atoms with Gasteiger partial charge in [0.25, 0.3) is 0 Å². The fourth-order valence-corrected chi connectivity index (χ4v) is 5.07. The number of aromatic nitrogens is 1. The first-order chi connectivity index (χ1) is 21.1. The van der Waals surface area contributed by atoms with Crippen molar-refractivity contribution in [2.75, 3.05) is 0 Å². The van der Waals surface area contributed by atoms with E-state index in [1.165, 1.54) is 0 Å². The first-order valence-electron chi connectivity index (χ1n) is 14.6. The number of H-pyrrole nitrogens is 1. The van der Waals surface area contributed by atoms with Gasteiger partial charge < -0.3 is 31.8 Å². The lowest BCUT2D eigenvalue weighted by Crippen LogP contribution is -2.59. The number of para-hydroxylation sites is 1. The van der Waals surface area contributed by atoms with Crippen LogP contribution in [0.3, 0.4) is 0 Å². The van der Waals surface area contributed by atoms with Crippen LogP contribution in [0.2, 0.25) is 0 Å². The molecule has 44 heavy (non-hydrogen) atoms. The van der Waals surface area contributed by atoms with Crippen molar-refractivity contribution in [2.24, 2.45) is 11.7 Å². The molecule has 3 aromatic carbocycles. The van der Waals surface area contributed by atoms with E-state index in [0.717, 1.165) is 27.6 Å². The molecule has 230 valence electrons. The summed E-state index contributed by atoms with van der Waals surface area (Å²) in [5, 5.41) is 18.9. The number of amides is 3. The zero-order valence-electron chi connectivity index (χ0n) is 24.8. The monoisotopic (exact) mass is 597 g/mol. The number of aromatic amines is 1. The van der Waals surface area contributed by atoms with Crippen LogP contribution in [0.5, 0.6) is 0 Å². The van der Waals surface area contributed by atoms with E-state index < -0.39 is 47.9 Å². The number of fused-ring (bicyclic) bond motifs is 1. The van der Waals surface area contributed by atoms with Gasteiger partial charge in [-0.3, -0.25) is 14.4 Å². The second-order valence-electron chi connectivity index (χ2n) is 11.2. The largest absolute Gasteiger partial charge is 0.480 e. The van der Waals surface area contributed by atoms with E-state index in [9.17, 15) is 24.3 Å². The van der Waals surface area contributed by atoms with Crippen molar-refractivity contribution in [2.45, 2.75) is 57.3 Å². The average molecular weight is 598 g/mol. The van der Waals surface area contributed by atoms with Crippen LogP contribution in [0.25, 0.3) is 10.9 Å². The number of carboxylic acid groups (broad SMARTS) is 1. The zero-order chi connectivity index (χ0) is 31.6. The van der Waals surface area contributed by atoms with Gasteiger partial charge in [-0.2, -0.15) is 0 Å². The number of carboxylic acids is 1. The van der Waals surface area contributed by atoms with E-state index in [1.54, 1.807) is 38.1 Å². The lowest BCUT2D eigenvalue weighted by Gasteiger charge is -2.27. The van der Waals surface area contributed by atoms with Gasteiger partial charge in [-0.25, -0.2) is 4.79 Å². The van der Waals surface area contributed by atoms with Crippen LogP contribution in [0, 0.1) is 5.92 Å². The van der Waals surface area contributed by atoms with Crippen LogP contribution >= 0.6 is 0 Å². The Morgan fingerprint density at radius 2 is 1.25 bits per heavy atom. The number of benzene rings is 3. The molecule has 0 aliphatic rings. The average Bonchev–Trinajstić information content (AvgIpc) is 3.42.